The molecule has 2 heterocycles. The summed E-state index contributed by atoms with van der Waals surface area (Å²) in [5, 5.41) is 0. The minimum absolute atomic E-state index is 0.502. The van der Waals surface area contributed by atoms with Crippen molar-refractivity contribution in [3.8, 4) is 0 Å². The normalized spacial score (nSPS) is 44.4. The van der Waals surface area contributed by atoms with E-state index in [0.717, 1.165) is 23.4 Å². The highest BCUT2D eigenvalue weighted by Gasteiger charge is 2.62. The molecule has 1 saturated carbocycles. The van der Waals surface area contributed by atoms with Crippen LogP contribution in [0.1, 0.15) is 46.0 Å². The van der Waals surface area contributed by atoms with E-state index in [2.05, 4.69) is 50.5 Å². The lowest BCUT2D eigenvalue weighted by molar-refractivity contribution is 0.0624. The van der Waals surface area contributed by atoms with E-state index in [1.165, 1.54) is 38.6 Å². The van der Waals surface area contributed by atoms with Gasteiger partial charge in [0.15, 0.2) is 0 Å². The lowest BCUT2D eigenvalue weighted by Crippen LogP contribution is -2.57. The quantitative estimate of drug-likeness (QED) is 0.630. The molecular weight excluding hydrogens is 282 g/mol. The fourth-order valence-corrected chi connectivity index (χ4v) is 8.44. The van der Waals surface area contributed by atoms with Gasteiger partial charge in [-0.15, -0.1) is 0 Å². The first-order valence-electron chi connectivity index (χ1n) is 9.52. The van der Waals surface area contributed by atoms with Crippen molar-refractivity contribution in [2.75, 3.05) is 6.54 Å². The zero-order valence-corrected chi connectivity index (χ0v) is 16.2. The van der Waals surface area contributed by atoms with Gasteiger partial charge in [0.05, 0.1) is 0 Å². The van der Waals surface area contributed by atoms with E-state index in [1.807, 2.05) is 5.57 Å². The van der Waals surface area contributed by atoms with Crippen molar-refractivity contribution in [2.24, 2.45) is 11.8 Å². The maximum atomic E-state index is 2.99. The Bertz CT molecular complexity index is 540. The third kappa shape index (κ3) is 2.06. The maximum Gasteiger partial charge on any atom is 0.0490 e. The number of fused-ring (bicyclic) bond motifs is 5. The average Bonchev–Trinajstić information content (AvgIpc) is 3.19. The summed E-state index contributed by atoms with van der Waals surface area (Å²) in [7, 11) is -1.08. The molecule has 1 saturated heterocycles. The Kier molecular flexibility index (Phi) is 3.34. The molecule has 4 rings (SSSR count). The highest BCUT2D eigenvalue weighted by Crippen LogP contribution is 2.62. The van der Waals surface area contributed by atoms with Crippen molar-refractivity contribution in [3.63, 3.8) is 0 Å². The zero-order valence-electron chi connectivity index (χ0n) is 15.2. The van der Waals surface area contributed by atoms with Crippen molar-refractivity contribution in [2.45, 2.75) is 82.7 Å². The molecule has 0 aromatic rings. The highest BCUT2D eigenvalue weighted by atomic mass is 28.3. The minimum atomic E-state index is -1.08. The monoisotopic (exact) mass is 315 g/mol. The van der Waals surface area contributed by atoms with Gasteiger partial charge in [0, 0.05) is 32.1 Å². The third-order valence-corrected chi connectivity index (χ3v) is 10.3. The Balaban J connectivity index is 1.72. The van der Waals surface area contributed by atoms with Gasteiger partial charge < -0.3 is 0 Å². The molecule has 22 heavy (non-hydrogen) atoms. The van der Waals surface area contributed by atoms with Gasteiger partial charge in [-0.25, -0.2) is 0 Å². The summed E-state index contributed by atoms with van der Waals surface area (Å²) in [6.45, 7) is 14.2. The summed E-state index contributed by atoms with van der Waals surface area (Å²) in [5.74, 6) is 1.82. The molecule has 0 radical (unpaired) electrons. The first kappa shape index (κ1) is 15.2. The van der Waals surface area contributed by atoms with Crippen molar-refractivity contribution in [1.29, 1.82) is 0 Å². The molecule has 5 atom stereocenters. The van der Waals surface area contributed by atoms with Gasteiger partial charge in [0.1, 0.15) is 0 Å². The Hall–Kier alpha value is -0.343. The number of hydrogen-bond donors (Lipinski definition) is 0. The van der Waals surface area contributed by atoms with Gasteiger partial charge in [0.2, 0.25) is 0 Å². The van der Waals surface area contributed by atoms with Gasteiger partial charge in [-0.3, -0.25) is 4.90 Å². The van der Waals surface area contributed by atoms with Gasteiger partial charge in [-0.2, -0.15) is 0 Å². The molecule has 0 amide bonds. The second-order valence-electron chi connectivity index (χ2n) is 9.58. The van der Waals surface area contributed by atoms with Gasteiger partial charge in [-0.05, 0) is 55.2 Å². The number of piperidine rings is 1. The molecule has 122 valence electrons. The van der Waals surface area contributed by atoms with Crippen LogP contribution in [0.3, 0.4) is 0 Å². The van der Waals surface area contributed by atoms with Crippen molar-refractivity contribution in [3.05, 3.63) is 23.3 Å². The summed E-state index contributed by atoms with van der Waals surface area (Å²) in [6, 6.07) is 0.779. The average molecular weight is 316 g/mol. The topological polar surface area (TPSA) is 3.24 Å². The maximum absolute atomic E-state index is 2.99. The molecular formula is C20H33NSi. The number of hydrogen-bond acceptors (Lipinski definition) is 1. The third-order valence-electron chi connectivity index (χ3n) is 7.39. The standard InChI is InChI=1S/C20H33NSi/c1-6-14-11-18-16-10-8-7-9-15(16)17-12-20(17,2)21(18)13-19(14)22(3,4)5/h7,9,14,17-19H,6,8,10-13H2,1-5H3. The van der Waals surface area contributed by atoms with Gasteiger partial charge in [-0.1, -0.05) is 45.1 Å². The fraction of sp³-hybridized carbons (Fsp3) is 0.800. The second-order valence-corrected chi connectivity index (χ2v) is 15.1. The minimum Gasteiger partial charge on any atom is -0.291 e. The first-order valence-corrected chi connectivity index (χ1v) is 13.1. The molecule has 1 nitrogen and oxygen atoms in total. The van der Waals surface area contributed by atoms with Crippen LogP contribution >= 0.6 is 0 Å². The summed E-state index contributed by atoms with van der Waals surface area (Å²) in [4.78, 5) is 2.99. The van der Waals surface area contributed by atoms with E-state index in [1.54, 1.807) is 5.57 Å². The Labute approximate surface area is 137 Å². The lowest BCUT2D eigenvalue weighted by atomic mass is 9.76. The molecule has 0 aromatic carbocycles. The number of nitrogens with zero attached hydrogens (tertiary/aromatic N) is 1. The summed E-state index contributed by atoms with van der Waals surface area (Å²) in [5.41, 5.74) is 5.10. The van der Waals surface area contributed by atoms with Crippen LogP contribution in [0.5, 0.6) is 0 Å². The summed E-state index contributed by atoms with van der Waals surface area (Å²) in [6.07, 6.45) is 11.8. The SMILES string of the molecule is CCC1CC2C3=C(C=CCC3)C3CC3(C)N2CC1[Si](C)(C)C. The van der Waals surface area contributed by atoms with E-state index in [-0.39, 0.29) is 0 Å². The Morgan fingerprint density at radius 3 is 2.77 bits per heavy atom. The van der Waals surface area contributed by atoms with Crippen LogP contribution in [0, 0.1) is 11.8 Å². The number of allylic oxidation sites excluding steroid dienone is 2. The summed E-state index contributed by atoms with van der Waals surface area (Å²) < 4.78 is 0. The van der Waals surface area contributed by atoms with Gasteiger partial charge >= 0.3 is 0 Å². The second kappa shape index (κ2) is 4.83. The van der Waals surface area contributed by atoms with Crippen LogP contribution < -0.4 is 0 Å². The van der Waals surface area contributed by atoms with E-state index in [0.29, 0.717) is 5.54 Å². The molecule has 4 aliphatic rings. The predicted molar refractivity (Wildman–Crippen MR) is 97.9 cm³/mol. The van der Waals surface area contributed by atoms with Crippen LogP contribution in [0.4, 0.5) is 0 Å². The van der Waals surface area contributed by atoms with Crippen LogP contribution in [-0.2, 0) is 0 Å². The van der Waals surface area contributed by atoms with Crippen molar-refractivity contribution in [1.82, 2.24) is 4.90 Å². The van der Waals surface area contributed by atoms with Crippen LogP contribution in [0.2, 0.25) is 25.2 Å². The molecule has 0 N–H and O–H groups in total. The van der Waals surface area contributed by atoms with E-state index >= 15 is 0 Å². The molecule has 0 spiro atoms. The molecule has 5 unspecified atom stereocenters. The largest absolute Gasteiger partial charge is 0.291 e. The zero-order chi connectivity index (χ0) is 15.7. The lowest BCUT2D eigenvalue weighted by Gasteiger charge is -2.54. The highest BCUT2D eigenvalue weighted by molar-refractivity contribution is 6.77. The smallest absolute Gasteiger partial charge is 0.0490 e. The van der Waals surface area contributed by atoms with E-state index in [4.69, 9.17) is 0 Å². The molecule has 2 aliphatic carbocycles. The first-order chi connectivity index (χ1) is 10.4. The molecule has 2 fully saturated rings. The van der Waals surface area contributed by atoms with E-state index < -0.39 is 8.07 Å². The van der Waals surface area contributed by atoms with Gasteiger partial charge in [0.25, 0.3) is 0 Å². The van der Waals surface area contributed by atoms with Crippen LogP contribution in [0.25, 0.3) is 0 Å². The molecule has 2 aliphatic heterocycles. The molecule has 0 aromatic heterocycles. The van der Waals surface area contributed by atoms with Crippen molar-refractivity contribution >= 4 is 8.07 Å². The number of rotatable bonds is 2. The Morgan fingerprint density at radius 1 is 1.32 bits per heavy atom. The van der Waals surface area contributed by atoms with Crippen molar-refractivity contribution < 1.29 is 0 Å². The van der Waals surface area contributed by atoms with Crippen LogP contribution in [0.15, 0.2) is 23.3 Å². The molecule has 2 heteroatoms. The molecule has 0 bridgehead atoms. The van der Waals surface area contributed by atoms with Crippen LogP contribution in [-0.4, -0.2) is 31.1 Å². The predicted octanol–water partition coefficient (Wildman–Crippen LogP) is 5.23. The Morgan fingerprint density at radius 2 is 2.09 bits per heavy atom. The van der Waals surface area contributed by atoms with E-state index in [9.17, 15) is 0 Å². The summed E-state index contributed by atoms with van der Waals surface area (Å²) >= 11 is 0. The fourth-order valence-electron chi connectivity index (χ4n) is 5.91.